The molecule has 0 aliphatic carbocycles. The summed E-state index contributed by atoms with van der Waals surface area (Å²) >= 11 is 0. The minimum absolute atomic E-state index is 0.0195. The highest BCUT2D eigenvalue weighted by Gasteiger charge is 2.37. The van der Waals surface area contributed by atoms with E-state index in [0.29, 0.717) is 17.9 Å². The van der Waals surface area contributed by atoms with Crippen LogP contribution in [0.2, 0.25) is 0 Å². The molecule has 0 aliphatic heterocycles. The van der Waals surface area contributed by atoms with E-state index in [-0.39, 0.29) is 6.42 Å². The largest absolute Gasteiger partial charge is 0.494 e. The van der Waals surface area contributed by atoms with Gasteiger partial charge in [0.05, 0.1) is 6.61 Å². The van der Waals surface area contributed by atoms with E-state index in [1.807, 2.05) is 6.92 Å². The SMILES string of the molecule is CCOc1ccc(CCC(F)(F)C(=O)O)cc1. The van der Waals surface area contributed by atoms with Crippen LogP contribution in [0.25, 0.3) is 0 Å². The topological polar surface area (TPSA) is 46.5 Å². The van der Waals surface area contributed by atoms with Crippen molar-refractivity contribution < 1.29 is 23.4 Å². The summed E-state index contributed by atoms with van der Waals surface area (Å²) in [6.45, 7) is 2.39. The van der Waals surface area contributed by atoms with E-state index in [2.05, 4.69) is 0 Å². The van der Waals surface area contributed by atoms with Crippen LogP contribution in [0.1, 0.15) is 18.9 Å². The molecule has 3 nitrogen and oxygen atoms in total. The van der Waals surface area contributed by atoms with E-state index in [1.165, 1.54) is 0 Å². The maximum Gasteiger partial charge on any atom is 0.374 e. The first-order valence-electron chi connectivity index (χ1n) is 5.28. The quantitative estimate of drug-likeness (QED) is 0.836. The van der Waals surface area contributed by atoms with Gasteiger partial charge in [-0.3, -0.25) is 0 Å². The van der Waals surface area contributed by atoms with Crippen molar-refractivity contribution in [3.8, 4) is 5.75 Å². The third-order valence-electron chi connectivity index (χ3n) is 2.27. The summed E-state index contributed by atoms with van der Waals surface area (Å²) in [6.07, 6.45) is -0.679. The number of rotatable bonds is 6. The van der Waals surface area contributed by atoms with Gasteiger partial charge in [0.15, 0.2) is 0 Å². The lowest BCUT2D eigenvalue weighted by molar-refractivity contribution is -0.165. The molecule has 5 heteroatoms. The molecular weight excluding hydrogens is 230 g/mol. The molecule has 0 bridgehead atoms. The monoisotopic (exact) mass is 244 g/mol. The third kappa shape index (κ3) is 4.01. The van der Waals surface area contributed by atoms with E-state index >= 15 is 0 Å². The lowest BCUT2D eigenvalue weighted by atomic mass is 10.1. The summed E-state index contributed by atoms with van der Waals surface area (Å²) < 4.78 is 30.8. The maximum atomic E-state index is 12.8. The number of carbonyl (C=O) groups is 1. The van der Waals surface area contributed by atoms with Gasteiger partial charge in [-0.25, -0.2) is 4.79 Å². The molecule has 0 heterocycles. The second-order valence-electron chi connectivity index (χ2n) is 3.59. The van der Waals surface area contributed by atoms with Crippen molar-refractivity contribution in [2.24, 2.45) is 0 Å². The number of ether oxygens (including phenoxy) is 1. The standard InChI is InChI=1S/C12H14F2O3/c1-2-17-10-5-3-9(4-6-10)7-8-12(13,14)11(15)16/h3-6H,2,7-8H2,1H3,(H,15,16). The van der Waals surface area contributed by atoms with Gasteiger partial charge in [-0.05, 0) is 31.0 Å². The molecule has 1 aromatic carbocycles. The van der Waals surface area contributed by atoms with Gasteiger partial charge in [-0.1, -0.05) is 12.1 Å². The Labute approximate surface area is 98.0 Å². The molecule has 0 fully saturated rings. The summed E-state index contributed by atoms with van der Waals surface area (Å²) in [7, 11) is 0. The van der Waals surface area contributed by atoms with E-state index in [0.717, 1.165) is 0 Å². The van der Waals surface area contributed by atoms with Crippen LogP contribution in [0.5, 0.6) is 5.75 Å². The smallest absolute Gasteiger partial charge is 0.374 e. The van der Waals surface area contributed by atoms with E-state index in [9.17, 15) is 13.6 Å². The lowest BCUT2D eigenvalue weighted by Crippen LogP contribution is -2.28. The molecule has 1 aromatic rings. The van der Waals surface area contributed by atoms with Crippen LogP contribution in [-0.2, 0) is 11.2 Å². The minimum atomic E-state index is -3.67. The fraction of sp³-hybridized carbons (Fsp3) is 0.417. The van der Waals surface area contributed by atoms with Crippen molar-refractivity contribution in [2.45, 2.75) is 25.7 Å². The van der Waals surface area contributed by atoms with Crippen LogP contribution >= 0.6 is 0 Å². The van der Waals surface area contributed by atoms with Gasteiger partial charge in [0.2, 0.25) is 0 Å². The van der Waals surface area contributed by atoms with Gasteiger partial charge in [0, 0.05) is 6.42 Å². The van der Waals surface area contributed by atoms with Crippen LogP contribution in [0, 0.1) is 0 Å². The van der Waals surface area contributed by atoms with Crippen molar-refractivity contribution in [3.05, 3.63) is 29.8 Å². The van der Waals surface area contributed by atoms with Gasteiger partial charge in [0.1, 0.15) is 5.75 Å². The number of aryl methyl sites for hydroxylation is 1. The Kier molecular flexibility index (Phi) is 4.43. The summed E-state index contributed by atoms with van der Waals surface area (Å²) in [6, 6.07) is 6.67. The van der Waals surface area contributed by atoms with Gasteiger partial charge >= 0.3 is 11.9 Å². The summed E-state index contributed by atoms with van der Waals surface area (Å²) in [5.74, 6) is -5.08. The number of hydrogen-bond donors (Lipinski definition) is 1. The van der Waals surface area contributed by atoms with Crippen molar-refractivity contribution in [1.29, 1.82) is 0 Å². The number of alkyl halides is 2. The van der Waals surface area contributed by atoms with E-state index in [4.69, 9.17) is 9.84 Å². The molecule has 0 spiro atoms. The molecule has 17 heavy (non-hydrogen) atoms. The summed E-state index contributed by atoms with van der Waals surface area (Å²) in [5, 5.41) is 8.26. The second-order valence-corrected chi connectivity index (χ2v) is 3.59. The van der Waals surface area contributed by atoms with Crippen LogP contribution in [0.15, 0.2) is 24.3 Å². The van der Waals surface area contributed by atoms with Gasteiger partial charge in [-0.2, -0.15) is 8.78 Å². The Bertz CT molecular complexity index is 374. The third-order valence-corrected chi connectivity index (χ3v) is 2.27. The lowest BCUT2D eigenvalue weighted by Gasteiger charge is -2.11. The second kappa shape index (κ2) is 5.61. The molecule has 0 amide bonds. The fourth-order valence-electron chi connectivity index (χ4n) is 1.33. The number of halogens is 2. The Morgan fingerprint density at radius 3 is 2.41 bits per heavy atom. The van der Waals surface area contributed by atoms with Gasteiger partial charge < -0.3 is 9.84 Å². The average molecular weight is 244 g/mol. The molecule has 0 saturated carbocycles. The first-order chi connectivity index (χ1) is 7.95. The first kappa shape index (κ1) is 13.4. The zero-order valence-electron chi connectivity index (χ0n) is 9.45. The van der Waals surface area contributed by atoms with Gasteiger partial charge in [0.25, 0.3) is 0 Å². The number of carboxylic acids is 1. The van der Waals surface area contributed by atoms with Crippen molar-refractivity contribution in [3.63, 3.8) is 0 Å². The minimum Gasteiger partial charge on any atom is -0.494 e. The van der Waals surface area contributed by atoms with Gasteiger partial charge in [-0.15, -0.1) is 0 Å². The Morgan fingerprint density at radius 1 is 1.35 bits per heavy atom. The number of hydrogen-bond acceptors (Lipinski definition) is 2. The summed E-state index contributed by atoms with van der Waals surface area (Å²) in [4.78, 5) is 10.2. The Hall–Kier alpha value is -1.65. The maximum absolute atomic E-state index is 12.8. The Morgan fingerprint density at radius 2 is 1.94 bits per heavy atom. The zero-order valence-corrected chi connectivity index (χ0v) is 9.45. The molecule has 1 rings (SSSR count). The van der Waals surface area contributed by atoms with Crippen LogP contribution in [0.3, 0.4) is 0 Å². The molecule has 0 unspecified atom stereocenters. The molecule has 0 atom stereocenters. The number of carboxylic acid groups (broad SMARTS) is 1. The normalized spacial score (nSPS) is 11.2. The molecule has 1 N–H and O–H groups in total. The average Bonchev–Trinajstić information content (AvgIpc) is 2.28. The van der Waals surface area contributed by atoms with Crippen LogP contribution in [0.4, 0.5) is 8.78 Å². The van der Waals surface area contributed by atoms with Crippen molar-refractivity contribution >= 4 is 5.97 Å². The fourth-order valence-corrected chi connectivity index (χ4v) is 1.33. The molecule has 0 saturated heterocycles. The highest BCUT2D eigenvalue weighted by molar-refractivity contribution is 5.75. The molecule has 0 radical (unpaired) electrons. The highest BCUT2D eigenvalue weighted by Crippen LogP contribution is 2.22. The zero-order chi connectivity index (χ0) is 12.9. The molecule has 0 aromatic heterocycles. The molecular formula is C12H14F2O3. The molecule has 94 valence electrons. The van der Waals surface area contributed by atoms with Crippen LogP contribution in [-0.4, -0.2) is 23.6 Å². The van der Waals surface area contributed by atoms with Crippen molar-refractivity contribution in [2.75, 3.05) is 6.61 Å². The van der Waals surface area contributed by atoms with Crippen molar-refractivity contribution in [1.82, 2.24) is 0 Å². The Balaban J connectivity index is 2.55. The molecule has 0 aliphatic rings. The van der Waals surface area contributed by atoms with E-state index < -0.39 is 18.3 Å². The first-order valence-corrected chi connectivity index (χ1v) is 5.28. The predicted molar refractivity (Wildman–Crippen MR) is 58.5 cm³/mol. The number of benzene rings is 1. The predicted octanol–water partition coefficient (Wildman–Crippen LogP) is 2.74. The number of aliphatic carboxylic acids is 1. The summed E-state index contributed by atoms with van der Waals surface area (Å²) in [5.41, 5.74) is 0.661. The highest BCUT2D eigenvalue weighted by atomic mass is 19.3. The van der Waals surface area contributed by atoms with E-state index in [1.54, 1.807) is 24.3 Å². The van der Waals surface area contributed by atoms with Crippen LogP contribution < -0.4 is 4.74 Å².